The molecule has 0 spiro atoms. The van der Waals surface area contributed by atoms with Crippen molar-refractivity contribution in [1.29, 1.82) is 0 Å². The summed E-state index contributed by atoms with van der Waals surface area (Å²) in [7, 11) is 0. The molecular weight excluding hydrogens is 283 g/mol. The van der Waals surface area contributed by atoms with E-state index in [9.17, 15) is 13.2 Å². The summed E-state index contributed by atoms with van der Waals surface area (Å²) in [6, 6.07) is 5.07. The molecule has 0 radical (unpaired) electrons. The van der Waals surface area contributed by atoms with Crippen molar-refractivity contribution >= 4 is 11.6 Å². The van der Waals surface area contributed by atoms with Gasteiger partial charge in [-0.2, -0.15) is 13.2 Å². The van der Waals surface area contributed by atoms with Crippen LogP contribution in [0.2, 0.25) is 5.02 Å². The van der Waals surface area contributed by atoms with Crippen molar-refractivity contribution in [3.05, 3.63) is 28.8 Å². The normalized spacial score (nSPS) is 11.6. The largest absolute Gasteiger partial charge is 0.493 e. The van der Waals surface area contributed by atoms with Crippen LogP contribution in [-0.4, -0.2) is 26.0 Å². The molecule has 0 aliphatic heterocycles. The highest BCUT2D eigenvalue weighted by atomic mass is 35.5. The summed E-state index contributed by atoms with van der Waals surface area (Å²) in [5.41, 5.74) is 6.32. The lowest BCUT2D eigenvalue weighted by atomic mass is 10.2. The maximum absolute atomic E-state index is 11.8. The van der Waals surface area contributed by atoms with Gasteiger partial charge in [-0.15, -0.1) is 0 Å². The standard InChI is InChI=1S/C12H15ClF3NO2/c13-10-3-2-9(7-17)11(6-10)19-5-1-4-18-8-12(14,15)16/h2-3,6H,1,4-5,7-8,17H2. The Hall–Kier alpha value is -0.980. The van der Waals surface area contributed by atoms with Crippen LogP contribution in [0.5, 0.6) is 5.75 Å². The Morgan fingerprint density at radius 3 is 2.58 bits per heavy atom. The Morgan fingerprint density at radius 2 is 1.95 bits per heavy atom. The predicted octanol–water partition coefficient (Wildman–Crippen LogP) is 3.15. The van der Waals surface area contributed by atoms with E-state index in [-0.39, 0.29) is 13.2 Å². The molecule has 0 aliphatic rings. The third-order valence-electron chi connectivity index (χ3n) is 2.21. The van der Waals surface area contributed by atoms with Gasteiger partial charge < -0.3 is 15.2 Å². The molecule has 0 unspecified atom stereocenters. The van der Waals surface area contributed by atoms with Crippen molar-refractivity contribution in [1.82, 2.24) is 0 Å². The number of halogens is 4. The van der Waals surface area contributed by atoms with Gasteiger partial charge in [-0.1, -0.05) is 17.7 Å². The van der Waals surface area contributed by atoms with Gasteiger partial charge in [0.25, 0.3) is 0 Å². The van der Waals surface area contributed by atoms with Crippen LogP contribution >= 0.6 is 11.6 Å². The minimum Gasteiger partial charge on any atom is -0.493 e. The summed E-state index contributed by atoms with van der Waals surface area (Å²) in [6.07, 6.45) is -3.94. The third kappa shape index (κ3) is 6.66. The molecule has 0 bridgehead atoms. The van der Waals surface area contributed by atoms with Crippen LogP contribution < -0.4 is 10.5 Å². The number of nitrogens with two attached hydrogens (primary N) is 1. The zero-order valence-electron chi connectivity index (χ0n) is 10.2. The van der Waals surface area contributed by atoms with Crippen molar-refractivity contribution in [3.8, 4) is 5.75 Å². The molecular formula is C12H15ClF3NO2. The van der Waals surface area contributed by atoms with E-state index in [1.807, 2.05) is 0 Å². The van der Waals surface area contributed by atoms with Gasteiger partial charge in [0.1, 0.15) is 12.4 Å². The zero-order chi connectivity index (χ0) is 14.3. The Kier molecular flexibility index (Phi) is 6.41. The van der Waals surface area contributed by atoms with E-state index in [1.165, 1.54) is 0 Å². The molecule has 3 nitrogen and oxygen atoms in total. The minimum atomic E-state index is -4.29. The molecule has 0 aromatic heterocycles. The van der Waals surface area contributed by atoms with Crippen LogP contribution in [0.15, 0.2) is 18.2 Å². The number of hydrogen-bond acceptors (Lipinski definition) is 3. The summed E-state index contributed by atoms with van der Waals surface area (Å²) in [4.78, 5) is 0. The first-order valence-electron chi connectivity index (χ1n) is 5.68. The summed E-state index contributed by atoms with van der Waals surface area (Å²) >= 11 is 5.82. The maximum atomic E-state index is 11.8. The van der Waals surface area contributed by atoms with Gasteiger partial charge >= 0.3 is 6.18 Å². The average molecular weight is 298 g/mol. The second-order valence-corrected chi connectivity index (χ2v) is 4.26. The lowest BCUT2D eigenvalue weighted by Crippen LogP contribution is -2.18. The van der Waals surface area contributed by atoms with Crippen LogP contribution in [0.4, 0.5) is 13.2 Å². The molecule has 0 saturated carbocycles. The number of benzene rings is 1. The van der Waals surface area contributed by atoms with E-state index in [2.05, 4.69) is 4.74 Å². The SMILES string of the molecule is NCc1ccc(Cl)cc1OCCCOCC(F)(F)F. The quantitative estimate of drug-likeness (QED) is 0.786. The molecule has 0 amide bonds. The molecule has 7 heteroatoms. The molecule has 1 aromatic carbocycles. The highest BCUT2D eigenvalue weighted by molar-refractivity contribution is 6.30. The molecule has 108 valence electrons. The van der Waals surface area contributed by atoms with Crippen molar-refractivity contribution < 1.29 is 22.6 Å². The van der Waals surface area contributed by atoms with Crippen molar-refractivity contribution in [2.75, 3.05) is 19.8 Å². The lowest BCUT2D eigenvalue weighted by molar-refractivity contribution is -0.174. The lowest BCUT2D eigenvalue weighted by Gasteiger charge is -2.11. The van der Waals surface area contributed by atoms with Gasteiger partial charge in [0.2, 0.25) is 0 Å². The van der Waals surface area contributed by atoms with Crippen LogP contribution in [0, 0.1) is 0 Å². The molecule has 0 aliphatic carbocycles. The summed E-state index contributed by atoms with van der Waals surface area (Å²) in [5.74, 6) is 0.547. The summed E-state index contributed by atoms with van der Waals surface area (Å²) in [5, 5.41) is 0.514. The van der Waals surface area contributed by atoms with Gasteiger partial charge in [-0.05, 0) is 12.1 Å². The second kappa shape index (κ2) is 7.57. The Balaban J connectivity index is 2.28. The van der Waals surface area contributed by atoms with E-state index in [4.69, 9.17) is 22.1 Å². The first-order chi connectivity index (χ1) is 8.92. The molecule has 0 heterocycles. The highest BCUT2D eigenvalue weighted by Crippen LogP contribution is 2.23. The van der Waals surface area contributed by atoms with Gasteiger partial charge in [0.05, 0.1) is 13.2 Å². The fraction of sp³-hybridized carbons (Fsp3) is 0.500. The Labute approximate surface area is 114 Å². The van der Waals surface area contributed by atoms with E-state index in [1.54, 1.807) is 18.2 Å². The Morgan fingerprint density at radius 1 is 1.21 bits per heavy atom. The molecule has 2 N–H and O–H groups in total. The molecule has 1 aromatic rings. The van der Waals surface area contributed by atoms with Crippen LogP contribution in [-0.2, 0) is 11.3 Å². The number of hydrogen-bond donors (Lipinski definition) is 1. The van der Waals surface area contributed by atoms with E-state index >= 15 is 0 Å². The van der Waals surface area contributed by atoms with Gasteiger partial charge in [-0.25, -0.2) is 0 Å². The molecule has 0 fully saturated rings. The van der Waals surface area contributed by atoms with Crippen molar-refractivity contribution in [2.45, 2.75) is 19.1 Å². The maximum Gasteiger partial charge on any atom is 0.411 e. The average Bonchev–Trinajstić information content (AvgIpc) is 2.32. The van der Waals surface area contributed by atoms with E-state index < -0.39 is 12.8 Å². The van der Waals surface area contributed by atoms with Crippen molar-refractivity contribution in [3.63, 3.8) is 0 Å². The molecule has 19 heavy (non-hydrogen) atoms. The van der Waals surface area contributed by atoms with E-state index in [0.29, 0.717) is 23.7 Å². The van der Waals surface area contributed by atoms with Crippen LogP contribution in [0.3, 0.4) is 0 Å². The number of alkyl halides is 3. The molecule has 0 saturated heterocycles. The molecule has 1 rings (SSSR count). The third-order valence-corrected chi connectivity index (χ3v) is 2.44. The molecule has 0 atom stereocenters. The highest BCUT2D eigenvalue weighted by Gasteiger charge is 2.27. The summed E-state index contributed by atoms with van der Waals surface area (Å²) in [6.45, 7) is -0.710. The smallest absolute Gasteiger partial charge is 0.411 e. The summed E-state index contributed by atoms with van der Waals surface area (Å²) < 4.78 is 45.2. The first-order valence-corrected chi connectivity index (χ1v) is 6.06. The first kappa shape index (κ1) is 16.1. The topological polar surface area (TPSA) is 44.5 Å². The van der Waals surface area contributed by atoms with Gasteiger partial charge in [-0.3, -0.25) is 0 Å². The second-order valence-electron chi connectivity index (χ2n) is 3.83. The van der Waals surface area contributed by atoms with Gasteiger partial charge in [0.15, 0.2) is 0 Å². The zero-order valence-corrected chi connectivity index (χ0v) is 10.9. The van der Waals surface area contributed by atoms with Crippen LogP contribution in [0.1, 0.15) is 12.0 Å². The fourth-order valence-corrected chi connectivity index (χ4v) is 1.52. The fourth-order valence-electron chi connectivity index (χ4n) is 1.36. The monoisotopic (exact) mass is 297 g/mol. The number of ether oxygens (including phenoxy) is 2. The predicted molar refractivity (Wildman–Crippen MR) is 66.3 cm³/mol. The Bertz CT molecular complexity index is 399. The number of rotatable bonds is 7. The van der Waals surface area contributed by atoms with E-state index in [0.717, 1.165) is 5.56 Å². The minimum absolute atomic E-state index is 0.0158. The van der Waals surface area contributed by atoms with Gasteiger partial charge in [0, 0.05) is 23.6 Å². The van der Waals surface area contributed by atoms with Crippen LogP contribution in [0.25, 0.3) is 0 Å². The van der Waals surface area contributed by atoms with Crippen molar-refractivity contribution in [2.24, 2.45) is 5.73 Å².